The van der Waals surface area contributed by atoms with Crippen LogP contribution in [0.5, 0.6) is 0 Å². The van der Waals surface area contributed by atoms with Crippen LogP contribution in [0.3, 0.4) is 0 Å². The maximum absolute atomic E-state index is 12.9. The number of furan rings is 1. The molecule has 4 rings (SSSR count). The summed E-state index contributed by atoms with van der Waals surface area (Å²) in [6.45, 7) is 5.21. The standard InChI is InChI=1S/C23H23N3O4S2/c1-14-12-16(23(29)26-7-10-31-11-8-26)5-6-17(14)24-22(28)20-15(2)13-19(32-20)25-21(27)18-4-3-9-30-18/h3-6,9,12-13H,7-8,10-11H2,1-2H3,(H,24,28)(H,25,27). The number of amides is 3. The first kappa shape index (κ1) is 22.2. The quantitative estimate of drug-likeness (QED) is 0.567. The number of thioether (sulfide) groups is 1. The summed E-state index contributed by atoms with van der Waals surface area (Å²) >= 11 is 3.06. The van der Waals surface area contributed by atoms with Crippen molar-refractivity contribution in [3.8, 4) is 0 Å². The van der Waals surface area contributed by atoms with E-state index in [0.29, 0.717) is 21.1 Å². The van der Waals surface area contributed by atoms with Crippen molar-refractivity contribution >= 4 is 51.5 Å². The lowest BCUT2D eigenvalue weighted by molar-refractivity contribution is 0.0772. The summed E-state index contributed by atoms with van der Waals surface area (Å²) in [5.74, 6) is 1.52. The van der Waals surface area contributed by atoms with Gasteiger partial charge in [-0.25, -0.2) is 0 Å². The molecule has 0 bridgehead atoms. The number of carbonyl (C=O) groups excluding carboxylic acids is 3. The number of thiophene rings is 1. The van der Waals surface area contributed by atoms with Gasteiger partial charge in [0.2, 0.25) is 0 Å². The third-order valence-corrected chi connectivity index (χ3v) is 7.22. The van der Waals surface area contributed by atoms with E-state index in [9.17, 15) is 14.4 Å². The lowest BCUT2D eigenvalue weighted by Gasteiger charge is -2.26. The summed E-state index contributed by atoms with van der Waals surface area (Å²) in [7, 11) is 0. The van der Waals surface area contributed by atoms with Crippen LogP contribution in [0.2, 0.25) is 0 Å². The van der Waals surface area contributed by atoms with Crippen molar-refractivity contribution < 1.29 is 18.8 Å². The first-order valence-corrected chi connectivity index (χ1v) is 12.1. The van der Waals surface area contributed by atoms with E-state index in [1.807, 2.05) is 36.6 Å². The van der Waals surface area contributed by atoms with Crippen molar-refractivity contribution in [2.75, 3.05) is 35.2 Å². The Labute approximate surface area is 194 Å². The Hall–Kier alpha value is -3.04. The minimum absolute atomic E-state index is 0.0253. The van der Waals surface area contributed by atoms with Crippen molar-refractivity contribution in [1.82, 2.24) is 4.90 Å². The Morgan fingerprint density at radius 3 is 2.44 bits per heavy atom. The van der Waals surface area contributed by atoms with Gasteiger partial charge in [0.1, 0.15) is 0 Å². The van der Waals surface area contributed by atoms with Crippen LogP contribution < -0.4 is 10.6 Å². The largest absolute Gasteiger partial charge is 0.459 e. The molecule has 166 valence electrons. The van der Waals surface area contributed by atoms with Gasteiger partial charge in [0.05, 0.1) is 16.1 Å². The third kappa shape index (κ3) is 4.89. The van der Waals surface area contributed by atoms with Crippen LogP contribution in [0.4, 0.5) is 10.7 Å². The molecule has 0 atom stereocenters. The molecule has 1 aliphatic heterocycles. The molecule has 32 heavy (non-hydrogen) atoms. The monoisotopic (exact) mass is 469 g/mol. The first-order chi connectivity index (χ1) is 15.4. The van der Waals surface area contributed by atoms with Crippen molar-refractivity contribution in [2.24, 2.45) is 0 Å². The van der Waals surface area contributed by atoms with Crippen LogP contribution in [0, 0.1) is 13.8 Å². The second-order valence-corrected chi connectivity index (χ2v) is 9.72. The average Bonchev–Trinajstić information content (AvgIpc) is 3.45. The number of hydrogen-bond donors (Lipinski definition) is 2. The number of rotatable bonds is 5. The molecule has 0 spiro atoms. The molecule has 0 saturated carbocycles. The molecule has 3 aromatic rings. The fourth-order valence-electron chi connectivity index (χ4n) is 3.42. The van der Waals surface area contributed by atoms with Gasteiger partial charge in [-0.05, 0) is 61.4 Å². The molecule has 2 N–H and O–H groups in total. The molecule has 0 unspecified atom stereocenters. The predicted octanol–water partition coefficient (Wildman–Crippen LogP) is 4.65. The van der Waals surface area contributed by atoms with Crippen LogP contribution >= 0.6 is 23.1 Å². The van der Waals surface area contributed by atoms with Gasteiger partial charge in [-0.2, -0.15) is 11.8 Å². The minimum Gasteiger partial charge on any atom is -0.459 e. The van der Waals surface area contributed by atoms with Gasteiger partial charge in [0.15, 0.2) is 5.76 Å². The van der Waals surface area contributed by atoms with E-state index in [1.165, 1.54) is 17.6 Å². The Morgan fingerprint density at radius 1 is 0.969 bits per heavy atom. The van der Waals surface area contributed by atoms with E-state index < -0.39 is 0 Å². The van der Waals surface area contributed by atoms with Gasteiger partial charge in [-0.15, -0.1) is 11.3 Å². The van der Waals surface area contributed by atoms with E-state index in [-0.39, 0.29) is 23.5 Å². The molecular formula is C23H23N3O4S2. The normalized spacial score (nSPS) is 13.6. The minimum atomic E-state index is -0.369. The van der Waals surface area contributed by atoms with Crippen molar-refractivity contribution in [1.29, 1.82) is 0 Å². The number of nitrogens with one attached hydrogen (secondary N) is 2. The zero-order valence-corrected chi connectivity index (χ0v) is 19.4. The molecule has 2 aromatic heterocycles. The van der Waals surface area contributed by atoms with E-state index in [1.54, 1.807) is 30.3 Å². The number of carbonyl (C=O) groups is 3. The molecule has 1 aromatic carbocycles. The average molecular weight is 470 g/mol. The van der Waals surface area contributed by atoms with Gasteiger partial charge >= 0.3 is 0 Å². The highest BCUT2D eigenvalue weighted by molar-refractivity contribution is 7.99. The molecule has 3 amide bonds. The van der Waals surface area contributed by atoms with Crippen molar-refractivity contribution in [3.05, 3.63) is 70.0 Å². The number of anilines is 2. The summed E-state index contributed by atoms with van der Waals surface area (Å²) in [4.78, 5) is 40.1. The van der Waals surface area contributed by atoms with Crippen LogP contribution in [0.25, 0.3) is 0 Å². The smallest absolute Gasteiger partial charge is 0.291 e. The maximum Gasteiger partial charge on any atom is 0.291 e. The molecule has 1 fully saturated rings. The Kier molecular flexibility index (Phi) is 6.66. The van der Waals surface area contributed by atoms with Crippen molar-refractivity contribution in [2.45, 2.75) is 13.8 Å². The van der Waals surface area contributed by atoms with Crippen LogP contribution in [-0.2, 0) is 0 Å². The Morgan fingerprint density at radius 2 is 1.75 bits per heavy atom. The molecule has 1 aliphatic rings. The maximum atomic E-state index is 12.9. The summed E-state index contributed by atoms with van der Waals surface area (Å²) in [5.41, 5.74) is 2.85. The molecule has 1 saturated heterocycles. The number of aryl methyl sites for hydroxylation is 2. The summed E-state index contributed by atoms with van der Waals surface area (Å²) in [6.07, 6.45) is 1.43. The fraction of sp³-hybridized carbons (Fsp3) is 0.261. The highest BCUT2D eigenvalue weighted by atomic mass is 32.2. The molecule has 9 heteroatoms. The Bertz CT molecular complexity index is 1150. The SMILES string of the molecule is Cc1cc(C(=O)N2CCSCC2)ccc1NC(=O)c1sc(NC(=O)c2ccco2)cc1C. The van der Waals surface area contributed by atoms with Gasteiger partial charge in [0, 0.05) is 35.8 Å². The molecule has 0 aliphatic carbocycles. The van der Waals surface area contributed by atoms with Gasteiger partial charge in [-0.1, -0.05) is 0 Å². The number of nitrogens with zero attached hydrogens (tertiary/aromatic N) is 1. The number of benzene rings is 1. The van der Waals surface area contributed by atoms with Crippen LogP contribution in [0.15, 0.2) is 47.1 Å². The molecule has 0 radical (unpaired) electrons. The van der Waals surface area contributed by atoms with Gasteiger partial charge < -0.3 is 20.0 Å². The summed E-state index contributed by atoms with van der Waals surface area (Å²) < 4.78 is 5.09. The molecule has 7 nitrogen and oxygen atoms in total. The van der Waals surface area contributed by atoms with Crippen molar-refractivity contribution in [3.63, 3.8) is 0 Å². The third-order valence-electron chi connectivity index (χ3n) is 5.13. The molecule has 3 heterocycles. The predicted molar refractivity (Wildman–Crippen MR) is 128 cm³/mol. The van der Waals surface area contributed by atoms with Crippen LogP contribution in [-0.4, -0.2) is 47.2 Å². The first-order valence-electron chi connectivity index (χ1n) is 10.2. The zero-order chi connectivity index (χ0) is 22.7. The second kappa shape index (κ2) is 9.62. The topological polar surface area (TPSA) is 91.7 Å². The zero-order valence-electron chi connectivity index (χ0n) is 17.8. The van der Waals surface area contributed by atoms with Gasteiger partial charge in [-0.3, -0.25) is 14.4 Å². The summed E-state index contributed by atoms with van der Waals surface area (Å²) in [5, 5.41) is 6.23. The lowest BCUT2D eigenvalue weighted by atomic mass is 10.1. The highest BCUT2D eigenvalue weighted by Crippen LogP contribution is 2.29. The Balaban J connectivity index is 1.44. The molecular weight excluding hydrogens is 446 g/mol. The fourth-order valence-corrected chi connectivity index (χ4v) is 5.28. The lowest BCUT2D eigenvalue weighted by Crippen LogP contribution is -2.37. The van der Waals surface area contributed by atoms with E-state index in [2.05, 4.69) is 10.6 Å². The summed E-state index contributed by atoms with van der Waals surface area (Å²) in [6, 6.07) is 10.3. The van der Waals surface area contributed by atoms with Crippen LogP contribution in [0.1, 0.15) is 41.7 Å². The van der Waals surface area contributed by atoms with Gasteiger partial charge in [0.25, 0.3) is 17.7 Å². The number of hydrogen-bond acceptors (Lipinski definition) is 6. The highest BCUT2D eigenvalue weighted by Gasteiger charge is 2.20. The van der Waals surface area contributed by atoms with E-state index in [0.717, 1.165) is 35.7 Å². The second-order valence-electron chi connectivity index (χ2n) is 7.44. The van der Waals surface area contributed by atoms with E-state index in [4.69, 9.17) is 4.42 Å². The van der Waals surface area contributed by atoms with E-state index >= 15 is 0 Å².